The van der Waals surface area contributed by atoms with Crippen LogP contribution in [-0.4, -0.2) is 65.6 Å². The van der Waals surface area contributed by atoms with E-state index in [0.717, 1.165) is 5.20 Å². The van der Waals surface area contributed by atoms with Crippen LogP contribution in [0, 0.1) is 5.92 Å². The fraction of sp³-hybridized carbons (Fsp3) is 0.677. The molecule has 0 aliphatic rings. The standard InChI is InChI=1S/C31H56N2O4Si2/c1-22(2)39(23(3)4,24(5)6)36-21-20-27(25(7)38(13,14)26-18-16-15-17-19-26)28(29(34)33(11)12)32-30(35)37-31(8,9)10/h15-19,22-24,27-28H,7,20-21H2,1-6,8-14H3,(H,32,35)/t27-,28-/m0/s1. The molecule has 1 aromatic carbocycles. The SMILES string of the molecule is C=C([C@H](CCO[Si](C(C)C)(C(C)C)C(C)C)[C@H](NC(=O)OC(C)(C)C)C(=O)N(C)C)[Si](C)(C)c1ccccc1. The van der Waals surface area contributed by atoms with Crippen LogP contribution in [0.2, 0.25) is 29.7 Å². The topological polar surface area (TPSA) is 67.9 Å². The summed E-state index contributed by atoms with van der Waals surface area (Å²) in [5, 5.41) is 5.19. The van der Waals surface area contributed by atoms with Gasteiger partial charge in [0.2, 0.25) is 5.91 Å². The van der Waals surface area contributed by atoms with Crippen molar-refractivity contribution in [2.45, 2.75) is 110 Å². The summed E-state index contributed by atoms with van der Waals surface area (Å²) in [6.45, 7) is 28.8. The van der Waals surface area contributed by atoms with E-state index in [2.05, 4.69) is 78.7 Å². The third kappa shape index (κ3) is 9.05. The Labute approximate surface area is 241 Å². The zero-order chi connectivity index (χ0) is 30.3. The number of alkyl carbamates (subject to hydrolysis) is 1. The molecule has 0 aliphatic heterocycles. The van der Waals surface area contributed by atoms with Gasteiger partial charge < -0.3 is 19.4 Å². The monoisotopic (exact) mass is 576 g/mol. The first-order valence-corrected chi connectivity index (χ1v) is 19.5. The summed E-state index contributed by atoms with van der Waals surface area (Å²) >= 11 is 0. The molecule has 1 N–H and O–H groups in total. The number of hydrogen-bond donors (Lipinski definition) is 1. The van der Waals surface area contributed by atoms with Crippen LogP contribution in [0.3, 0.4) is 0 Å². The van der Waals surface area contributed by atoms with Gasteiger partial charge in [-0.1, -0.05) is 95.4 Å². The lowest BCUT2D eigenvalue weighted by molar-refractivity contribution is -0.132. The number of nitrogens with one attached hydrogen (secondary N) is 1. The van der Waals surface area contributed by atoms with Crippen LogP contribution in [0.1, 0.15) is 68.7 Å². The van der Waals surface area contributed by atoms with Crippen molar-refractivity contribution in [3.63, 3.8) is 0 Å². The number of carbonyl (C=O) groups is 2. The number of hydrogen-bond acceptors (Lipinski definition) is 4. The number of likely N-dealkylation sites (N-methyl/N-ethyl adjacent to an activating group) is 1. The highest BCUT2D eigenvalue weighted by Gasteiger charge is 2.46. The van der Waals surface area contributed by atoms with Gasteiger partial charge in [0, 0.05) is 26.6 Å². The van der Waals surface area contributed by atoms with E-state index >= 15 is 0 Å². The van der Waals surface area contributed by atoms with Gasteiger partial charge in [-0.2, -0.15) is 0 Å². The number of ether oxygens (including phenoxy) is 1. The summed E-state index contributed by atoms with van der Waals surface area (Å²) in [4.78, 5) is 28.2. The third-order valence-corrected chi connectivity index (χ3v) is 17.9. The molecule has 0 heterocycles. The van der Waals surface area contributed by atoms with Gasteiger partial charge >= 0.3 is 6.09 Å². The maximum absolute atomic E-state index is 13.6. The van der Waals surface area contributed by atoms with E-state index in [1.165, 1.54) is 10.1 Å². The van der Waals surface area contributed by atoms with E-state index in [9.17, 15) is 9.59 Å². The molecule has 1 rings (SSSR count). The van der Waals surface area contributed by atoms with Crippen LogP contribution < -0.4 is 10.5 Å². The second-order valence-corrected chi connectivity index (χ2v) is 23.4. The fourth-order valence-corrected chi connectivity index (χ4v) is 14.1. The lowest BCUT2D eigenvalue weighted by atomic mass is 9.95. The molecule has 222 valence electrons. The first kappa shape index (κ1) is 35.1. The van der Waals surface area contributed by atoms with Crippen molar-refractivity contribution in [2.24, 2.45) is 5.92 Å². The minimum Gasteiger partial charge on any atom is -0.444 e. The fourth-order valence-electron chi connectivity index (χ4n) is 5.96. The molecular formula is C31H56N2O4Si2. The van der Waals surface area contributed by atoms with Gasteiger partial charge in [-0.15, -0.1) is 6.58 Å². The van der Waals surface area contributed by atoms with Crippen LogP contribution in [-0.2, 0) is 14.0 Å². The Morgan fingerprint density at radius 3 is 1.85 bits per heavy atom. The van der Waals surface area contributed by atoms with Gasteiger partial charge in [0.1, 0.15) is 19.7 Å². The predicted molar refractivity (Wildman–Crippen MR) is 170 cm³/mol. The molecule has 6 nitrogen and oxygen atoms in total. The highest BCUT2D eigenvalue weighted by Crippen LogP contribution is 2.42. The van der Waals surface area contributed by atoms with Crippen molar-refractivity contribution in [3.8, 4) is 0 Å². The first-order valence-electron chi connectivity index (χ1n) is 14.4. The van der Waals surface area contributed by atoms with Crippen molar-refractivity contribution in [2.75, 3.05) is 20.7 Å². The van der Waals surface area contributed by atoms with Gasteiger partial charge in [-0.05, 0) is 43.8 Å². The minimum atomic E-state index is -2.25. The van der Waals surface area contributed by atoms with E-state index in [1.54, 1.807) is 14.1 Å². The zero-order valence-electron chi connectivity index (χ0n) is 27.0. The Hall–Kier alpha value is -1.91. The number of rotatable bonds is 13. The first-order chi connectivity index (χ1) is 17.8. The molecule has 1 aromatic rings. The molecule has 0 bridgehead atoms. The molecule has 0 fully saturated rings. The Morgan fingerprint density at radius 2 is 1.44 bits per heavy atom. The third-order valence-electron chi connectivity index (χ3n) is 8.02. The Balaban J connectivity index is 3.55. The molecule has 8 heteroatoms. The van der Waals surface area contributed by atoms with Crippen LogP contribution in [0.25, 0.3) is 0 Å². The van der Waals surface area contributed by atoms with Crippen LogP contribution in [0.15, 0.2) is 42.1 Å². The van der Waals surface area contributed by atoms with E-state index in [1.807, 2.05) is 39.0 Å². The largest absolute Gasteiger partial charge is 0.444 e. The lowest BCUT2D eigenvalue weighted by Gasteiger charge is -2.43. The van der Waals surface area contributed by atoms with Crippen molar-refractivity contribution in [3.05, 3.63) is 42.1 Å². The minimum absolute atomic E-state index is 0.176. The Bertz CT molecular complexity index is 931. The van der Waals surface area contributed by atoms with Gasteiger partial charge in [0.05, 0.1) is 0 Å². The Morgan fingerprint density at radius 1 is 0.949 bits per heavy atom. The van der Waals surface area contributed by atoms with E-state index < -0.39 is 34.1 Å². The molecule has 39 heavy (non-hydrogen) atoms. The molecule has 0 radical (unpaired) electrons. The maximum atomic E-state index is 13.6. The van der Waals surface area contributed by atoms with Gasteiger partial charge in [0.15, 0.2) is 8.32 Å². The van der Waals surface area contributed by atoms with Gasteiger partial charge in [-0.25, -0.2) is 4.79 Å². The molecule has 2 atom stereocenters. The molecular weight excluding hydrogens is 521 g/mol. The smallest absolute Gasteiger partial charge is 0.408 e. The summed E-state index contributed by atoms with van der Waals surface area (Å²) in [5.74, 6) is -0.488. The number of amides is 2. The van der Waals surface area contributed by atoms with E-state index in [4.69, 9.17) is 9.16 Å². The number of benzene rings is 1. The summed E-state index contributed by atoms with van der Waals surface area (Å²) in [6.07, 6.45) is -0.0147. The zero-order valence-corrected chi connectivity index (χ0v) is 29.0. The molecule has 0 saturated carbocycles. The lowest BCUT2D eigenvalue weighted by Crippen LogP contribution is -2.56. The van der Waals surface area contributed by atoms with Crippen LogP contribution >= 0.6 is 0 Å². The second-order valence-electron chi connectivity index (χ2n) is 13.4. The summed E-state index contributed by atoms with van der Waals surface area (Å²) in [5.41, 5.74) is 0.677. The molecule has 0 aromatic heterocycles. The van der Waals surface area contributed by atoms with Crippen LogP contribution in [0.4, 0.5) is 4.79 Å². The van der Waals surface area contributed by atoms with Crippen LogP contribution in [0.5, 0.6) is 0 Å². The van der Waals surface area contributed by atoms with Crippen molar-refractivity contribution in [1.29, 1.82) is 0 Å². The predicted octanol–water partition coefficient (Wildman–Crippen LogP) is 6.88. The molecule has 0 aliphatic carbocycles. The summed E-state index contributed by atoms with van der Waals surface area (Å²) in [6, 6.07) is 9.58. The van der Waals surface area contributed by atoms with Gasteiger partial charge in [0.25, 0.3) is 0 Å². The van der Waals surface area contributed by atoms with Gasteiger partial charge in [-0.3, -0.25) is 4.79 Å². The second kappa shape index (κ2) is 14.1. The average molecular weight is 577 g/mol. The molecule has 0 saturated heterocycles. The van der Waals surface area contributed by atoms with E-state index in [-0.39, 0.29) is 11.8 Å². The van der Waals surface area contributed by atoms with Crippen molar-refractivity contribution in [1.82, 2.24) is 10.2 Å². The average Bonchev–Trinajstić information content (AvgIpc) is 2.80. The maximum Gasteiger partial charge on any atom is 0.408 e. The van der Waals surface area contributed by atoms with Crippen molar-refractivity contribution < 1.29 is 18.8 Å². The normalized spacial score (nSPS) is 14.4. The number of nitrogens with zero attached hydrogens (tertiary/aromatic N) is 1. The summed E-state index contributed by atoms with van der Waals surface area (Å²) in [7, 11) is -0.925. The molecule has 2 amide bonds. The number of carbonyl (C=O) groups excluding carboxylic acids is 2. The highest BCUT2D eigenvalue weighted by molar-refractivity contribution is 6.95. The quantitative estimate of drug-likeness (QED) is 0.260. The molecule has 0 unspecified atom stereocenters. The van der Waals surface area contributed by atoms with Crippen molar-refractivity contribution >= 4 is 33.6 Å². The van der Waals surface area contributed by atoms with E-state index in [0.29, 0.717) is 29.7 Å². The molecule has 0 spiro atoms. The highest BCUT2D eigenvalue weighted by atomic mass is 28.4. The summed E-state index contributed by atoms with van der Waals surface area (Å²) < 4.78 is 12.5. The Kier molecular flexibility index (Phi) is 12.7.